The molecule has 3 rings (SSSR count). The van der Waals surface area contributed by atoms with Crippen molar-refractivity contribution in [2.45, 2.75) is 51.5 Å². The van der Waals surface area contributed by atoms with E-state index in [1.807, 2.05) is 10.9 Å². The highest BCUT2D eigenvalue weighted by Crippen LogP contribution is 2.55. The van der Waals surface area contributed by atoms with E-state index >= 15 is 0 Å². The van der Waals surface area contributed by atoms with Crippen molar-refractivity contribution in [2.75, 3.05) is 6.54 Å². The molecule has 1 aromatic heterocycles. The van der Waals surface area contributed by atoms with Gasteiger partial charge in [-0.25, -0.2) is 0 Å². The Morgan fingerprint density at radius 2 is 2.16 bits per heavy atom. The van der Waals surface area contributed by atoms with Crippen LogP contribution < -0.4 is 5.32 Å². The van der Waals surface area contributed by atoms with E-state index in [9.17, 15) is 0 Å². The SMILES string of the molecule is CCCNC(CCc1ccnn1C)C1CC2CC2C1. The van der Waals surface area contributed by atoms with Crippen LogP contribution in [-0.4, -0.2) is 22.4 Å². The minimum Gasteiger partial charge on any atom is -0.314 e. The maximum Gasteiger partial charge on any atom is 0.0492 e. The molecule has 2 saturated carbocycles. The molecule has 1 heterocycles. The zero-order valence-corrected chi connectivity index (χ0v) is 12.3. The van der Waals surface area contributed by atoms with Gasteiger partial charge in [0, 0.05) is 25.0 Å². The van der Waals surface area contributed by atoms with E-state index in [1.54, 1.807) is 0 Å². The Kier molecular flexibility index (Phi) is 3.92. The van der Waals surface area contributed by atoms with Gasteiger partial charge in [0.2, 0.25) is 0 Å². The van der Waals surface area contributed by atoms with Crippen molar-refractivity contribution in [3.8, 4) is 0 Å². The molecule has 0 aliphatic heterocycles. The van der Waals surface area contributed by atoms with Gasteiger partial charge in [-0.2, -0.15) is 5.10 Å². The Hall–Kier alpha value is -0.830. The van der Waals surface area contributed by atoms with Gasteiger partial charge in [0.15, 0.2) is 0 Å². The van der Waals surface area contributed by atoms with Gasteiger partial charge < -0.3 is 5.32 Å². The Labute approximate surface area is 116 Å². The first-order valence-corrected chi connectivity index (χ1v) is 7.98. The molecule has 0 radical (unpaired) electrons. The van der Waals surface area contributed by atoms with Crippen LogP contribution in [0.25, 0.3) is 0 Å². The predicted octanol–water partition coefficient (Wildman–Crippen LogP) is 2.77. The predicted molar refractivity (Wildman–Crippen MR) is 77.9 cm³/mol. The Bertz CT molecular complexity index is 402. The molecule has 1 N–H and O–H groups in total. The highest BCUT2D eigenvalue weighted by molar-refractivity contribution is 5.03. The summed E-state index contributed by atoms with van der Waals surface area (Å²) in [7, 11) is 2.05. The summed E-state index contributed by atoms with van der Waals surface area (Å²) in [5.74, 6) is 3.11. The third-order valence-corrected chi connectivity index (χ3v) is 5.14. The maximum atomic E-state index is 4.27. The molecule has 2 fully saturated rings. The fourth-order valence-corrected chi connectivity index (χ4v) is 3.87. The molecule has 19 heavy (non-hydrogen) atoms. The average Bonchev–Trinajstić information content (AvgIpc) is 2.83. The number of fused-ring (bicyclic) bond motifs is 1. The Morgan fingerprint density at radius 1 is 1.37 bits per heavy atom. The summed E-state index contributed by atoms with van der Waals surface area (Å²) in [4.78, 5) is 0. The first kappa shape index (κ1) is 13.2. The number of aryl methyl sites for hydroxylation is 2. The lowest BCUT2D eigenvalue weighted by Crippen LogP contribution is -2.36. The molecule has 0 saturated heterocycles. The van der Waals surface area contributed by atoms with Crippen LogP contribution in [0.3, 0.4) is 0 Å². The van der Waals surface area contributed by atoms with Crippen molar-refractivity contribution >= 4 is 0 Å². The van der Waals surface area contributed by atoms with Crippen LogP contribution in [0.15, 0.2) is 12.3 Å². The molecule has 0 bridgehead atoms. The zero-order chi connectivity index (χ0) is 13.2. The summed E-state index contributed by atoms with van der Waals surface area (Å²) in [5, 5.41) is 8.07. The van der Waals surface area contributed by atoms with Crippen LogP contribution in [0.4, 0.5) is 0 Å². The molecule has 3 heteroatoms. The quantitative estimate of drug-likeness (QED) is 0.818. The van der Waals surface area contributed by atoms with Crippen molar-refractivity contribution in [3.05, 3.63) is 18.0 Å². The van der Waals surface area contributed by atoms with Crippen molar-refractivity contribution in [2.24, 2.45) is 24.8 Å². The monoisotopic (exact) mass is 261 g/mol. The molecule has 3 nitrogen and oxygen atoms in total. The Balaban J connectivity index is 1.54. The third kappa shape index (κ3) is 3.02. The average molecular weight is 261 g/mol. The second-order valence-electron chi connectivity index (χ2n) is 6.53. The van der Waals surface area contributed by atoms with Crippen LogP contribution in [0.2, 0.25) is 0 Å². The van der Waals surface area contributed by atoms with Crippen LogP contribution in [0.5, 0.6) is 0 Å². The maximum absolute atomic E-state index is 4.27. The second kappa shape index (κ2) is 5.66. The van der Waals surface area contributed by atoms with Crippen molar-refractivity contribution in [3.63, 3.8) is 0 Å². The summed E-state index contributed by atoms with van der Waals surface area (Å²) in [5.41, 5.74) is 1.37. The van der Waals surface area contributed by atoms with Gasteiger partial charge in [0.1, 0.15) is 0 Å². The van der Waals surface area contributed by atoms with Crippen molar-refractivity contribution < 1.29 is 0 Å². The normalized spacial score (nSPS) is 30.3. The third-order valence-electron chi connectivity index (χ3n) is 5.14. The van der Waals surface area contributed by atoms with E-state index in [4.69, 9.17) is 0 Å². The molecule has 1 aromatic rings. The van der Waals surface area contributed by atoms with Gasteiger partial charge in [-0.3, -0.25) is 4.68 Å². The summed E-state index contributed by atoms with van der Waals surface area (Å²) < 4.78 is 2.02. The van der Waals surface area contributed by atoms with Gasteiger partial charge in [0.25, 0.3) is 0 Å². The highest BCUT2D eigenvalue weighted by atomic mass is 15.2. The molecular weight excluding hydrogens is 234 g/mol. The van der Waals surface area contributed by atoms with Gasteiger partial charge in [-0.15, -0.1) is 0 Å². The van der Waals surface area contributed by atoms with Crippen molar-refractivity contribution in [1.82, 2.24) is 15.1 Å². The van der Waals surface area contributed by atoms with Crippen molar-refractivity contribution in [1.29, 1.82) is 0 Å². The van der Waals surface area contributed by atoms with E-state index in [0.29, 0.717) is 0 Å². The summed E-state index contributed by atoms with van der Waals surface area (Å²) in [6.07, 6.45) is 10.1. The minimum atomic E-state index is 0.725. The van der Waals surface area contributed by atoms with Crippen LogP contribution in [0, 0.1) is 17.8 Å². The molecule has 2 aliphatic carbocycles. The van der Waals surface area contributed by atoms with Gasteiger partial charge in [-0.1, -0.05) is 6.92 Å². The Morgan fingerprint density at radius 3 is 2.79 bits per heavy atom. The molecule has 3 atom stereocenters. The second-order valence-corrected chi connectivity index (χ2v) is 6.53. The number of nitrogens with one attached hydrogen (secondary N) is 1. The van der Waals surface area contributed by atoms with E-state index in [-0.39, 0.29) is 0 Å². The molecule has 2 aliphatic rings. The highest BCUT2D eigenvalue weighted by Gasteiger charge is 2.47. The lowest BCUT2D eigenvalue weighted by atomic mass is 9.90. The number of aromatic nitrogens is 2. The van der Waals surface area contributed by atoms with Gasteiger partial charge >= 0.3 is 0 Å². The number of nitrogens with zero attached hydrogens (tertiary/aromatic N) is 2. The smallest absolute Gasteiger partial charge is 0.0492 e. The lowest BCUT2D eigenvalue weighted by Gasteiger charge is -2.26. The molecular formula is C16H27N3. The molecule has 0 aromatic carbocycles. The zero-order valence-electron chi connectivity index (χ0n) is 12.3. The molecule has 0 spiro atoms. The molecule has 3 unspecified atom stereocenters. The topological polar surface area (TPSA) is 29.9 Å². The fraction of sp³-hybridized carbons (Fsp3) is 0.812. The first-order chi connectivity index (χ1) is 9.28. The van der Waals surface area contributed by atoms with E-state index in [0.717, 1.165) is 30.2 Å². The van der Waals surface area contributed by atoms with E-state index in [1.165, 1.54) is 44.3 Å². The van der Waals surface area contributed by atoms with Crippen LogP contribution in [-0.2, 0) is 13.5 Å². The largest absolute Gasteiger partial charge is 0.314 e. The first-order valence-electron chi connectivity index (χ1n) is 7.98. The number of rotatable bonds is 7. The summed E-state index contributed by atoms with van der Waals surface area (Å²) >= 11 is 0. The van der Waals surface area contributed by atoms with Gasteiger partial charge in [0.05, 0.1) is 0 Å². The standard InChI is InChI=1S/C16H27N3/c1-3-7-17-16(14-10-12-9-13(12)11-14)5-4-15-6-8-18-19(15)2/h6,8,12-14,16-17H,3-5,7,9-11H2,1-2H3. The summed E-state index contributed by atoms with van der Waals surface area (Å²) in [6, 6.07) is 2.88. The summed E-state index contributed by atoms with van der Waals surface area (Å²) in [6.45, 7) is 3.43. The van der Waals surface area contributed by atoms with Crippen LogP contribution >= 0.6 is 0 Å². The molecule has 0 amide bonds. The lowest BCUT2D eigenvalue weighted by molar-refractivity contribution is 0.317. The van der Waals surface area contributed by atoms with Gasteiger partial charge in [-0.05, 0) is 68.9 Å². The minimum absolute atomic E-state index is 0.725. The number of hydrogen-bond acceptors (Lipinski definition) is 2. The van der Waals surface area contributed by atoms with E-state index < -0.39 is 0 Å². The van der Waals surface area contributed by atoms with Crippen LogP contribution in [0.1, 0.15) is 44.7 Å². The number of hydrogen-bond donors (Lipinski definition) is 1. The molecule has 106 valence electrons. The fourth-order valence-electron chi connectivity index (χ4n) is 3.87. The van der Waals surface area contributed by atoms with E-state index in [2.05, 4.69) is 30.5 Å².